The number of rotatable bonds is 4. The van der Waals surface area contributed by atoms with E-state index in [1.165, 1.54) is 5.56 Å². The van der Waals surface area contributed by atoms with Gasteiger partial charge < -0.3 is 10.6 Å². The molecule has 1 aromatic heterocycles. The molecule has 6 heteroatoms. The second-order valence-corrected chi connectivity index (χ2v) is 6.47. The van der Waals surface area contributed by atoms with Crippen molar-refractivity contribution in [3.05, 3.63) is 71.3 Å². The van der Waals surface area contributed by atoms with E-state index in [1.807, 2.05) is 35.2 Å². The molecule has 0 saturated heterocycles. The number of hydrogen-bond acceptors (Lipinski definition) is 3. The normalized spacial score (nSPS) is 14.3. The summed E-state index contributed by atoms with van der Waals surface area (Å²) in [6, 6.07) is 13.9. The first-order chi connectivity index (χ1) is 12.6. The lowest BCUT2D eigenvalue weighted by Crippen LogP contribution is -2.31. The fourth-order valence-electron chi connectivity index (χ4n) is 3.47. The second kappa shape index (κ2) is 6.63. The number of H-pyrrole nitrogens is 1. The first-order valence-electron chi connectivity index (χ1n) is 8.58. The highest BCUT2D eigenvalue weighted by molar-refractivity contribution is 6.05. The van der Waals surface area contributed by atoms with Crippen molar-refractivity contribution in [2.45, 2.75) is 19.4 Å². The number of benzene rings is 2. The monoisotopic (exact) mass is 347 g/mol. The van der Waals surface area contributed by atoms with Crippen molar-refractivity contribution in [1.29, 1.82) is 0 Å². The molecule has 3 N–H and O–H groups in total. The van der Waals surface area contributed by atoms with E-state index in [2.05, 4.69) is 22.3 Å². The van der Waals surface area contributed by atoms with Gasteiger partial charge in [-0.15, -0.1) is 0 Å². The van der Waals surface area contributed by atoms with Gasteiger partial charge in [-0.2, -0.15) is 5.10 Å². The molecule has 1 aliphatic heterocycles. The van der Waals surface area contributed by atoms with Gasteiger partial charge in [0.1, 0.15) is 0 Å². The zero-order valence-corrected chi connectivity index (χ0v) is 14.2. The van der Waals surface area contributed by atoms with Gasteiger partial charge in [0.25, 0.3) is 5.91 Å². The lowest BCUT2D eigenvalue weighted by Gasteiger charge is -2.21. The van der Waals surface area contributed by atoms with Gasteiger partial charge in [0.15, 0.2) is 5.69 Å². The third kappa shape index (κ3) is 2.94. The maximum atomic E-state index is 12.6. The molecule has 1 aliphatic rings. The van der Waals surface area contributed by atoms with Crippen LogP contribution in [0.2, 0.25) is 0 Å². The predicted octanol–water partition coefficient (Wildman–Crippen LogP) is 1.99. The van der Waals surface area contributed by atoms with Crippen LogP contribution in [0.3, 0.4) is 0 Å². The maximum absolute atomic E-state index is 12.6. The Balaban J connectivity index is 1.68. The van der Waals surface area contributed by atoms with Crippen LogP contribution in [0.25, 0.3) is 10.9 Å². The molecule has 131 valence electrons. The van der Waals surface area contributed by atoms with Crippen molar-refractivity contribution >= 4 is 22.7 Å². The Morgan fingerprint density at radius 3 is 2.77 bits per heavy atom. The molecule has 0 atom stereocenters. The number of hydrogen-bond donors (Lipinski definition) is 2. The SMILES string of the molecule is NC(=O)c1n[nH]c2ccc3c(c12)CN(CCc1ccccc1)C(=O)[CH]C3. The number of amides is 2. The standard InChI is InChI=1S/C20H19N4O2/c21-20(26)19-18-15-12-24(11-10-13-4-2-1-3-5-13)17(25)9-7-14(15)6-8-16(18)22-23-19/h1-6,8-9H,7,10-12H2,(H2,21,26)(H,22,23). The third-order valence-corrected chi connectivity index (χ3v) is 4.84. The number of primary amides is 1. The van der Waals surface area contributed by atoms with Gasteiger partial charge in [-0.05, 0) is 35.6 Å². The van der Waals surface area contributed by atoms with Crippen LogP contribution in [0.5, 0.6) is 0 Å². The molecule has 0 bridgehead atoms. The number of nitrogens with zero attached hydrogens (tertiary/aromatic N) is 2. The van der Waals surface area contributed by atoms with Crippen molar-refractivity contribution in [2.24, 2.45) is 5.73 Å². The molecule has 2 amide bonds. The van der Waals surface area contributed by atoms with Gasteiger partial charge in [-0.25, -0.2) is 0 Å². The number of nitrogens with one attached hydrogen (secondary N) is 1. The van der Waals surface area contributed by atoms with Crippen molar-refractivity contribution in [1.82, 2.24) is 15.1 Å². The number of aromatic amines is 1. The summed E-state index contributed by atoms with van der Waals surface area (Å²) < 4.78 is 0. The summed E-state index contributed by atoms with van der Waals surface area (Å²) in [5, 5.41) is 7.64. The highest BCUT2D eigenvalue weighted by Gasteiger charge is 2.25. The van der Waals surface area contributed by atoms with E-state index in [9.17, 15) is 9.59 Å². The van der Waals surface area contributed by atoms with Crippen LogP contribution < -0.4 is 5.73 Å². The quantitative estimate of drug-likeness (QED) is 0.756. The fourth-order valence-corrected chi connectivity index (χ4v) is 3.47. The maximum Gasteiger partial charge on any atom is 0.269 e. The Labute approximate surface area is 151 Å². The van der Waals surface area contributed by atoms with Crippen LogP contribution in [0, 0.1) is 6.42 Å². The zero-order chi connectivity index (χ0) is 18.1. The molecule has 0 aliphatic carbocycles. The van der Waals surface area contributed by atoms with Crippen LogP contribution in [-0.4, -0.2) is 33.5 Å². The second-order valence-electron chi connectivity index (χ2n) is 6.47. The summed E-state index contributed by atoms with van der Waals surface area (Å²) >= 11 is 0. The van der Waals surface area contributed by atoms with Crippen molar-refractivity contribution in [3.63, 3.8) is 0 Å². The molecule has 26 heavy (non-hydrogen) atoms. The van der Waals surface area contributed by atoms with E-state index in [0.717, 1.165) is 28.5 Å². The Morgan fingerprint density at radius 1 is 1.19 bits per heavy atom. The smallest absolute Gasteiger partial charge is 0.269 e. The number of aromatic nitrogens is 2. The summed E-state index contributed by atoms with van der Waals surface area (Å²) in [5.41, 5.74) is 9.63. The molecule has 1 radical (unpaired) electrons. The molecule has 0 unspecified atom stereocenters. The van der Waals surface area contributed by atoms with E-state index in [-0.39, 0.29) is 11.6 Å². The highest BCUT2D eigenvalue weighted by atomic mass is 16.2. The van der Waals surface area contributed by atoms with Gasteiger partial charge in [-0.3, -0.25) is 14.7 Å². The number of fused-ring (bicyclic) bond motifs is 3. The molecular formula is C20H19N4O2. The minimum absolute atomic E-state index is 0.00870. The average Bonchev–Trinajstić information content (AvgIpc) is 3.02. The van der Waals surface area contributed by atoms with E-state index >= 15 is 0 Å². The van der Waals surface area contributed by atoms with Crippen LogP contribution in [0.15, 0.2) is 42.5 Å². The number of carbonyl (C=O) groups excluding carboxylic acids is 2. The Kier molecular flexibility index (Phi) is 4.16. The van der Waals surface area contributed by atoms with E-state index in [0.29, 0.717) is 19.5 Å². The van der Waals surface area contributed by atoms with Gasteiger partial charge in [0.2, 0.25) is 5.91 Å². The van der Waals surface area contributed by atoms with Gasteiger partial charge in [0.05, 0.1) is 11.9 Å². The fraction of sp³-hybridized carbons (Fsp3) is 0.200. The van der Waals surface area contributed by atoms with Crippen LogP contribution in [-0.2, 0) is 24.2 Å². The number of nitrogens with two attached hydrogens (primary N) is 1. The van der Waals surface area contributed by atoms with Gasteiger partial charge in [0, 0.05) is 18.5 Å². The summed E-state index contributed by atoms with van der Waals surface area (Å²) in [6.07, 6.45) is 3.02. The van der Waals surface area contributed by atoms with Crippen molar-refractivity contribution in [2.75, 3.05) is 6.54 Å². The molecule has 0 fully saturated rings. The first kappa shape index (κ1) is 16.3. The summed E-state index contributed by atoms with van der Waals surface area (Å²) in [7, 11) is 0. The predicted molar refractivity (Wildman–Crippen MR) is 98.2 cm³/mol. The Hall–Kier alpha value is -3.15. The molecule has 0 saturated carbocycles. The van der Waals surface area contributed by atoms with Gasteiger partial charge >= 0.3 is 0 Å². The topological polar surface area (TPSA) is 92.1 Å². The lowest BCUT2D eigenvalue weighted by molar-refractivity contribution is -0.128. The molecule has 2 heterocycles. The summed E-state index contributed by atoms with van der Waals surface area (Å²) in [5.74, 6) is -0.561. The van der Waals surface area contributed by atoms with Crippen molar-refractivity contribution in [3.8, 4) is 0 Å². The average molecular weight is 347 g/mol. The molecular weight excluding hydrogens is 328 g/mol. The summed E-state index contributed by atoms with van der Waals surface area (Å²) in [4.78, 5) is 26.1. The molecule has 6 nitrogen and oxygen atoms in total. The first-order valence-corrected chi connectivity index (χ1v) is 8.58. The molecule has 4 rings (SSSR count). The summed E-state index contributed by atoms with van der Waals surface area (Å²) in [6.45, 7) is 1.05. The van der Waals surface area contributed by atoms with Crippen LogP contribution in [0.4, 0.5) is 0 Å². The third-order valence-electron chi connectivity index (χ3n) is 4.84. The number of carbonyl (C=O) groups is 2. The zero-order valence-electron chi connectivity index (χ0n) is 14.2. The minimum atomic E-state index is -0.569. The van der Waals surface area contributed by atoms with Gasteiger partial charge in [-0.1, -0.05) is 36.4 Å². The van der Waals surface area contributed by atoms with E-state index in [4.69, 9.17) is 5.73 Å². The van der Waals surface area contributed by atoms with E-state index < -0.39 is 5.91 Å². The Morgan fingerprint density at radius 2 is 2.00 bits per heavy atom. The van der Waals surface area contributed by atoms with Crippen molar-refractivity contribution < 1.29 is 9.59 Å². The highest BCUT2D eigenvalue weighted by Crippen LogP contribution is 2.29. The van der Waals surface area contributed by atoms with Crippen LogP contribution >= 0.6 is 0 Å². The molecule has 2 aromatic carbocycles. The van der Waals surface area contributed by atoms with E-state index in [1.54, 1.807) is 6.42 Å². The Bertz CT molecular complexity index is 978. The minimum Gasteiger partial charge on any atom is -0.364 e. The largest absolute Gasteiger partial charge is 0.364 e. The lowest BCUT2D eigenvalue weighted by atomic mass is 9.98. The van der Waals surface area contributed by atoms with Crippen LogP contribution in [0.1, 0.15) is 27.2 Å². The molecule has 0 spiro atoms. The molecule has 3 aromatic rings.